The van der Waals surface area contributed by atoms with Gasteiger partial charge in [-0.3, -0.25) is 4.90 Å². The van der Waals surface area contributed by atoms with E-state index in [2.05, 4.69) is 68.0 Å². The Bertz CT molecular complexity index is 1080. The van der Waals surface area contributed by atoms with Crippen LogP contribution in [0.1, 0.15) is 48.1 Å². The molecule has 0 radical (unpaired) electrons. The number of benzene rings is 2. The van der Waals surface area contributed by atoms with Crippen molar-refractivity contribution in [3.8, 4) is 11.8 Å². The van der Waals surface area contributed by atoms with Crippen molar-refractivity contribution in [2.75, 3.05) is 45.7 Å². The molecule has 1 N–H and O–H groups in total. The van der Waals surface area contributed by atoms with Crippen LogP contribution in [0.3, 0.4) is 0 Å². The molecule has 1 saturated heterocycles. The van der Waals surface area contributed by atoms with Crippen molar-refractivity contribution in [1.82, 2.24) is 9.91 Å². The predicted molar refractivity (Wildman–Crippen MR) is 156 cm³/mol. The van der Waals surface area contributed by atoms with Crippen LogP contribution in [0, 0.1) is 18.3 Å². The first-order valence-electron chi connectivity index (χ1n) is 12.6. The third-order valence-electron chi connectivity index (χ3n) is 6.07. The fourth-order valence-corrected chi connectivity index (χ4v) is 4.69. The highest BCUT2D eigenvalue weighted by Crippen LogP contribution is 2.30. The van der Waals surface area contributed by atoms with E-state index >= 15 is 0 Å². The molecule has 0 saturated carbocycles. The molecule has 0 aliphatic carbocycles. The Morgan fingerprint density at radius 3 is 2.46 bits per heavy atom. The van der Waals surface area contributed by atoms with Crippen molar-refractivity contribution >= 4 is 42.1 Å². The van der Waals surface area contributed by atoms with E-state index in [-0.39, 0.29) is 4.16 Å². The number of ether oxygens (including phenoxy) is 1. The summed E-state index contributed by atoms with van der Waals surface area (Å²) in [5, 5.41) is 21.3. The van der Waals surface area contributed by atoms with Gasteiger partial charge in [0.25, 0.3) is 0 Å². The number of nitrogens with zero attached hydrogens (tertiary/aromatic N) is 4. The van der Waals surface area contributed by atoms with Crippen molar-refractivity contribution in [3.05, 3.63) is 69.2 Å². The van der Waals surface area contributed by atoms with Crippen molar-refractivity contribution in [3.63, 3.8) is 0 Å². The van der Waals surface area contributed by atoms with Crippen LogP contribution in [0.4, 0.5) is 0 Å². The van der Waals surface area contributed by atoms with Crippen LogP contribution in [0.15, 0.2) is 36.4 Å². The van der Waals surface area contributed by atoms with Gasteiger partial charge in [-0.1, -0.05) is 59.5 Å². The maximum atomic E-state index is 9.85. The minimum absolute atomic E-state index is 0.350. The summed E-state index contributed by atoms with van der Waals surface area (Å²) in [5.74, 6) is 0.808. The van der Waals surface area contributed by atoms with E-state index in [9.17, 15) is 5.21 Å². The van der Waals surface area contributed by atoms with E-state index in [0.717, 1.165) is 51.1 Å². The molecule has 0 aromatic heterocycles. The van der Waals surface area contributed by atoms with Gasteiger partial charge >= 0.3 is 0 Å². The minimum Gasteiger partial charge on any atom is -0.489 e. The van der Waals surface area contributed by atoms with Gasteiger partial charge < -0.3 is 4.74 Å². The van der Waals surface area contributed by atoms with Gasteiger partial charge in [-0.15, -0.1) is 16.6 Å². The zero-order valence-corrected chi connectivity index (χ0v) is 24.7. The SMILES string of the molecule is C/C=C\c1cc(CN2CCN([N+](C)(O)S)CC2)ccc1C.CCCc1cc(Cl)c(OCCCl)c(C#N)c1. The van der Waals surface area contributed by atoms with E-state index < -0.39 is 0 Å². The molecule has 1 aliphatic rings. The Balaban J connectivity index is 0.000000271. The average molecular weight is 567 g/mol. The number of hydrogen-bond acceptors (Lipinski definition) is 6. The number of halogens is 2. The molecule has 1 unspecified atom stereocenters. The van der Waals surface area contributed by atoms with Crippen LogP contribution in [0.5, 0.6) is 5.75 Å². The second-order valence-corrected chi connectivity index (χ2v) is 10.7. The maximum Gasteiger partial charge on any atom is 0.155 e. The zero-order valence-electron chi connectivity index (χ0n) is 22.3. The molecule has 6 nitrogen and oxygen atoms in total. The maximum absolute atomic E-state index is 9.85. The van der Waals surface area contributed by atoms with Gasteiger partial charge in [0.2, 0.25) is 0 Å². The third kappa shape index (κ3) is 10.1. The molecule has 1 heterocycles. The first-order chi connectivity index (χ1) is 17.6. The van der Waals surface area contributed by atoms with E-state index in [4.69, 9.17) is 33.2 Å². The first kappa shape index (κ1) is 31.5. The number of hydrogen-bond donors (Lipinski definition) is 2. The summed E-state index contributed by atoms with van der Waals surface area (Å²) in [6.45, 7) is 11.1. The van der Waals surface area contributed by atoms with Crippen LogP contribution in [-0.4, -0.2) is 65.0 Å². The normalized spacial score (nSPS) is 16.1. The smallest absolute Gasteiger partial charge is 0.155 e. The number of piperazine rings is 1. The number of nitriles is 1. The molecule has 3 rings (SSSR count). The highest BCUT2D eigenvalue weighted by atomic mass is 35.5. The second kappa shape index (κ2) is 15.6. The molecular formula is C28H39Cl2N4O2S+. The Kier molecular flexibility index (Phi) is 13.3. The topological polar surface area (TPSA) is 59.7 Å². The average Bonchev–Trinajstić information content (AvgIpc) is 2.86. The molecule has 1 aliphatic heterocycles. The van der Waals surface area contributed by atoms with Gasteiger partial charge in [0.1, 0.15) is 32.5 Å². The summed E-state index contributed by atoms with van der Waals surface area (Å²) in [6, 6.07) is 12.4. The number of aryl methyl sites for hydroxylation is 2. The lowest BCUT2D eigenvalue weighted by Gasteiger charge is -2.37. The van der Waals surface area contributed by atoms with Gasteiger partial charge in [0.15, 0.2) is 5.75 Å². The molecule has 2 aromatic rings. The summed E-state index contributed by atoms with van der Waals surface area (Å²) in [6.07, 6.45) is 6.16. The lowest BCUT2D eigenvalue weighted by atomic mass is 10.0. The highest BCUT2D eigenvalue weighted by Gasteiger charge is 2.30. The summed E-state index contributed by atoms with van der Waals surface area (Å²) in [4.78, 5) is 2.42. The highest BCUT2D eigenvalue weighted by molar-refractivity contribution is 7.74. The summed E-state index contributed by atoms with van der Waals surface area (Å²) < 4.78 is 4.98. The van der Waals surface area contributed by atoms with Crippen molar-refractivity contribution in [2.24, 2.45) is 0 Å². The fraction of sp³-hybridized carbons (Fsp3) is 0.464. The summed E-state index contributed by atoms with van der Waals surface area (Å²) in [5.41, 5.74) is 5.48. The Morgan fingerprint density at radius 2 is 1.89 bits per heavy atom. The molecule has 37 heavy (non-hydrogen) atoms. The number of hydroxylamine groups is 1. The van der Waals surface area contributed by atoms with Gasteiger partial charge in [0.05, 0.1) is 29.6 Å². The predicted octanol–water partition coefficient (Wildman–Crippen LogP) is 6.52. The first-order valence-corrected chi connectivity index (χ1v) is 13.9. The fourth-order valence-electron chi connectivity index (χ4n) is 4.13. The lowest BCUT2D eigenvalue weighted by Crippen LogP contribution is -2.56. The summed E-state index contributed by atoms with van der Waals surface area (Å²) in [7, 11) is 1.67. The Hall–Kier alpha value is -1.76. The largest absolute Gasteiger partial charge is 0.489 e. The van der Waals surface area contributed by atoms with Crippen LogP contribution in [-0.2, 0) is 13.0 Å². The second-order valence-electron chi connectivity index (χ2n) is 9.14. The van der Waals surface area contributed by atoms with Crippen LogP contribution >= 0.6 is 36.0 Å². The number of allylic oxidation sites excluding steroid dienone is 1. The molecular weight excluding hydrogens is 527 g/mol. The van der Waals surface area contributed by atoms with Crippen LogP contribution in [0.25, 0.3) is 6.08 Å². The Labute approximate surface area is 237 Å². The number of rotatable bonds is 9. The Morgan fingerprint density at radius 1 is 1.19 bits per heavy atom. The van der Waals surface area contributed by atoms with Crippen molar-refractivity contribution in [2.45, 2.75) is 40.2 Å². The van der Waals surface area contributed by atoms with Gasteiger partial charge in [-0.05, 0) is 54.7 Å². The van der Waals surface area contributed by atoms with Gasteiger partial charge in [0, 0.05) is 19.6 Å². The molecule has 0 spiro atoms. The van der Waals surface area contributed by atoms with Gasteiger partial charge in [-0.2, -0.15) is 10.5 Å². The molecule has 0 amide bonds. The zero-order chi connectivity index (χ0) is 27.4. The van der Waals surface area contributed by atoms with Gasteiger partial charge in [-0.25, -0.2) is 0 Å². The quantitative estimate of drug-likeness (QED) is 0.157. The van der Waals surface area contributed by atoms with Crippen LogP contribution < -0.4 is 4.74 Å². The van der Waals surface area contributed by atoms with E-state index in [1.54, 1.807) is 7.05 Å². The van der Waals surface area contributed by atoms with E-state index in [0.29, 0.717) is 28.8 Å². The number of quaternary nitrogens is 1. The van der Waals surface area contributed by atoms with E-state index in [1.165, 1.54) is 16.7 Å². The molecule has 1 fully saturated rings. The number of thiol groups is 1. The van der Waals surface area contributed by atoms with Crippen LogP contribution in [0.2, 0.25) is 5.02 Å². The molecule has 2 aromatic carbocycles. The molecule has 0 bridgehead atoms. The monoisotopic (exact) mass is 565 g/mol. The van der Waals surface area contributed by atoms with Crippen molar-refractivity contribution in [1.29, 1.82) is 5.26 Å². The summed E-state index contributed by atoms with van der Waals surface area (Å²) >= 11 is 15.8. The van der Waals surface area contributed by atoms with E-state index in [1.807, 2.05) is 24.1 Å². The molecule has 202 valence electrons. The number of alkyl halides is 1. The minimum atomic E-state index is -0.371. The molecule has 1 atom stereocenters. The third-order valence-corrected chi connectivity index (χ3v) is 6.75. The standard InChI is InChI=1S/C16H26N3OS.C12H13Cl2NO/c1-4-5-16-12-15(7-6-14(16)2)13-17-8-10-18(11-9-17)19(3,20)21;1-2-3-9-6-10(8-15)12(11(14)7-9)16-5-4-13/h4-7,12,20-21H,8-11,13H2,1-3H3;6-7H,2-5H2,1H3/q+1;/b5-4-;. The van der Waals surface area contributed by atoms with Crippen molar-refractivity contribution < 1.29 is 14.1 Å². The lowest BCUT2D eigenvalue weighted by molar-refractivity contribution is -1.07. The molecule has 9 heteroatoms.